The SMILES string of the molecule is Cc1noc(NC(=O)CN2CCNCC2)n1. The van der Waals surface area contributed by atoms with Crippen LogP contribution < -0.4 is 10.6 Å². The van der Waals surface area contributed by atoms with Crippen molar-refractivity contribution in [2.24, 2.45) is 0 Å². The molecule has 0 unspecified atom stereocenters. The summed E-state index contributed by atoms with van der Waals surface area (Å²) in [6.07, 6.45) is 0. The Morgan fingerprint density at radius 3 is 2.94 bits per heavy atom. The van der Waals surface area contributed by atoms with Gasteiger partial charge in [0.15, 0.2) is 5.82 Å². The Balaban J connectivity index is 1.79. The second kappa shape index (κ2) is 5.04. The molecule has 7 nitrogen and oxygen atoms in total. The van der Waals surface area contributed by atoms with Crippen molar-refractivity contribution in [3.63, 3.8) is 0 Å². The molecule has 1 fully saturated rings. The number of aryl methyl sites for hydroxylation is 1. The number of piperazine rings is 1. The van der Waals surface area contributed by atoms with Gasteiger partial charge in [-0.05, 0) is 6.92 Å². The van der Waals surface area contributed by atoms with Crippen molar-refractivity contribution < 1.29 is 9.32 Å². The molecule has 0 radical (unpaired) electrons. The number of amides is 1. The number of nitrogens with zero attached hydrogens (tertiary/aromatic N) is 3. The molecule has 0 aromatic carbocycles. The monoisotopic (exact) mass is 225 g/mol. The lowest BCUT2D eigenvalue weighted by Gasteiger charge is -2.26. The molecule has 1 aromatic heterocycles. The molecule has 2 heterocycles. The average Bonchev–Trinajstić information content (AvgIpc) is 2.65. The van der Waals surface area contributed by atoms with Gasteiger partial charge in [0.25, 0.3) is 0 Å². The van der Waals surface area contributed by atoms with Crippen LogP contribution in [0.2, 0.25) is 0 Å². The van der Waals surface area contributed by atoms with Gasteiger partial charge in [-0.1, -0.05) is 5.16 Å². The second-order valence-electron chi connectivity index (χ2n) is 3.72. The van der Waals surface area contributed by atoms with Crippen LogP contribution >= 0.6 is 0 Å². The van der Waals surface area contributed by atoms with Gasteiger partial charge in [0.05, 0.1) is 6.54 Å². The molecule has 1 aliphatic heterocycles. The Labute approximate surface area is 93.2 Å². The minimum atomic E-state index is -0.120. The molecular weight excluding hydrogens is 210 g/mol. The number of aromatic nitrogens is 2. The maximum absolute atomic E-state index is 11.6. The number of hydrogen-bond donors (Lipinski definition) is 2. The van der Waals surface area contributed by atoms with E-state index in [9.17, 15) is 4.79 Å². The van der Waals surface area contributed by atoms with Crippen LogP contribution in [0.3, 0.4) is 0 Å². The van der Waals surface area contributed by atoms with Crippen molar-refractivity contribution in [1.82, 2.24) is 20.4 Å². The topological polar surface area (TPSA) is 83.3 Å². The minimum absolute atomic E-state index is 0.120. The highest BCUT2D eigenvalue weighted by molar-refractivity contribution is 5.90. The number of anilines is 1. The van der Waals surface area contributed by atoms with Crippen molar-refractivity contribution in [3.8, 4) is 0 Å². The predicted octanol–water partition coefficient (Wildman–Crippen LogP) is -0.778. The zero-order valence-corrected chi connectivity index (χ0v) is 9.19. The second-order valence-corrected chi connectivity index (χ2v) is 3.72. The molecule has 1 amide bonds. The molecule has 1 saturated heterocycles. The lowest BCUT2D eigenvalue weighted by atomic mass is 10.3. The Morgan fingerprint density at radius 1 is 1.56 bits per heavy atom. The van der Waals surface area contributed by atoms with E-state index in [2.05, 4.69) is 25.7 Å². The molecule has 16 heavy (non-hydrogen) atoms. The summed E-state index contributed by atoms with van der Waals surface area (Å²) in [4.78, 5) is 17.6. The van der Waals surface area contributed by atoms with Crippen molar-refractivity contribution in [2.45, 2.75) is 6.92 Å². The quantitative estimate of drug-likeness (QED) is 0.702. The fraction of sp³-hybridized carbons (Fsp3) is 0.667. The lowest BCUT2D eigenvalue weighted by molar-refractivity contribution is -0.117. The summed E-state index contributed by atoms with van der Waals surface area (Å²) in [6, 6.07) is 0.164. The largest absolute Gasteiger partial charge is 0.328 e. The van der Waals surface area contributed by atoms with E-state index in [1.54, 1.807) is 6.92 Å². The minimum Gasteiger partial charge on any atom is -0.315 e. The molecule has 2 rings (SSSR count). The number of carbonyl (C=O) groups is 1. The molecule has 0 bridgehead atoms. The summed E-state index contributed by atoms with van der Waals surface area (Å²) in [5.74, 6) is 0.392. The van der Waals surface area contributed by atoms with Gasteiger partial charge in [0.1, 0.15) is 0 Å². The maximum atomic E-state index is 11.6. The highest BCUT2D eigenvalue weighted by Gasteiger charge is 2.15. The third kappa shape index (κ3) is 3.01. The molecular formula is C9H15N5O2. The van der Waals surface area contributed by atoms with Gasteiger partial charge in [-0.15, -0.1) is 0 Å². The molecule has 0 aliphatic carbocycles. The normalized spacial score (nSPS) is 17.3. The first-order chi connectivity index (χ1) is 7.74. The van der Waals surface area contributed by atoms with Crippen molar-refractivity contribution in [1.29, 1.82) is 0 Å². The zero-order chi connectivity index (χ0) is 11.4. The predicted molar refractivity (Wildman–Crippen MR) is 57.0 cm³/mol. The molecule has 88 valence electrons. The van der Waals surface area contributed by atoms with Crippen LogP contribution in [0.4, 0.5) is 6.01 Å². The van der Waals surface area contributed by atoms with Crippen LogP contribution in [-0.2, 0) is 4.79 Å². The summed E-state index contributed by atoms with van der Waals surface area (Å²) in [5.41, 5.74) is 0. The van der Waals surface area contributed by atoms with Gasteiger partial charge >= 0.3 is 6.01 Å². The van der Waals surface area contributed by atoms with Gasteiger partial charge in [-0.3, -0.25) is 15.0 Å². The summed E-state index contributed by atoms with van der Waals surface area (Å²) in [5, 5.41) is 9.39. The van der Waals surface area contributed by atoms with Crippen molar-refractivity contribution in [2.75, 3.05) is 38.0 Å². The first-order valence-electron chi connectivity index (χ1n) is 5.27. The maximum Gasteiger partial charge on any atom is 0.328 e. The summed E-state index contributed by atoms with van der Waals surface area (Å²) in [6.45, 7) is 5.69. The van der Waals surface area contributed by atoms with Gasteiger partial charge < -0.3 is 9.84 Å². The van der Waals surface area contributed by atoms with E-state index in [-0.39, 0.29) is 11.9 Å². The zero-order valence-electron chi connectivity index (χ0n) is 9.19. The summed E-state index contributed by atoms with van der Waals surface area (Å²) < 4.78 is 4.80. The van der Waals surface area contributed by atoms with Gasteiger partial charge in [-0.25, -0.2) is 0 Å². The van der Waals surface area contributed by atoms with E-state index in [0.717, 1.165) is 26.2 Å². The van der Waals surface area contributed by atoms with E-state index < -0.39 is 0 Å². The molecule has 0 atom stereocenters. The highest BCUT2D eigenvalue weighted by Crippen LogP contribution is 2.02. The smallest absolute Gasteiger partial charge is 0.315 e. The van der Waals surface area contributed by atoms with E-state index in [1.807, 2.05) is 0 Å². The van der Waals surface area contributed by atoms with Crippen LogP contribution in [0.1, 0.15) is 5.82 Å². The standard InChI is InChI=1S/C9H15N5O2/c1-7-11-9(16-13-7)12-8(15)6-14-4-2-10-3-5-14/h10H,2-6H2,1H3,(H,11,12,13,15). The fourth-order valence-corrected chi connectivity index (χ4v) is 1.58. The average molecular weight is 225 g/mol. The Kier molecular flexibility index (Phi) is 3.47. The molecule has 0 saturated carbocycles. The van der Waals surface area contributed by atoms with Crippen LogP contribution in [0.15, 0.2) is 4.52 Å². The lowest BCUT2D eigenvalue weighted by Crippen LogP contribution is -2.46. The highest BCUT2D eigenvalue weighted by atomic mass is 16.5. The van der Waals surface area contributed by atoms with Gasteiger partial charge in [-0.2, -0.15) is 4.98 Å². The van der Waals surface area contributed by atoms with E-state index in [1.165, 1.54) is 0 Å². The Morgan fingerprint density at radius 2 is 2.31 bits per heavy atom. The number of hydrogen-bond acceptors (Lipinski definition) is 6. The van der Waals surface area contributed by atoms with E-state index in [0.29, 0.717) is 12.4 Å². The van der Waals surface area contributed by atoms with E-state index in [4.69, 9.17) is 4.52 Å². The molecule has 7 heteroatoms. The first kappa shape index (κ1) is 11.0. The summed E-state index contributed by atoms with van der Waals surface area (Å²) in [7, 11) is 0. The third-order valence-corrected chi connectivity index (χ3v) is 2.35. The van der Waals surface area contributed by atoms with Crippen LogP contribution in [0.25, 0.3) is 0 Å². The molecule has 0 spiro atoms. The van der Waals surface area contributed by atoms with Crippen LogP contribution in [0.5, 0.6) is 0 Å². The van der Waals surface area contributed by atoms with Gasteiger partial charge in [0.2, 0.25) is 5.91 Å². The van der Waals surface area contributed by atoms with Gasteiger partial charge in [0, 0.05) is 26.2 Å². The number of nitrogens with one attached hydrogen (secondary N) is 2. The Bertz CT molecular complexity index is 359. The molecule has 1 aliphatic rings. The van der Waals surface area contributed by atoms with Crippen LogP contribution in [-0.4, -0.2) is 53.7 Å². The molecule has 1 aromatic rings. The Hall–Kier alpha value is -1.47. The van der Waals surface area contributed by atoms with Crippen molar-refractivity contribution in [3.05, 3.63) is 5.82 Å². The first-order valence-corrected chi connectivity index (χ1v) is 5.27. The third-order valence-electron chi connectivity index (χ3n) is 2.35. The van der Waals surface area contributed by atoms with Crippen molar-refractivity contribution >= 4 is 11.9 Å². The van der Waals surface area contributed by atoms with E-state index >= 15 is 0 Å². The fourth-order valence-electron chi connectivity index (χ4n) is 1.58. The van der Waals surface area contributed by atoms with Crippen LogP contribution in [0, 0.1) is 6.92 Å². The number of rotatable bonds is 3. The summed E-state index contributed by atoms with van der Waals surface area (Å²) >= 11 is 0. The number of carbonyl (C=O) groups excluding carboxylic acids is 1. The molecule has 2 N–H and O–H groups in total.